The van der Waals surface area contributed by atoms with Crippen LogP contribution < -0.4 is 0 Å². The molecular weight excluding hydrogens is 454 g/mol. The van der Waals surface area contributed by atoms with Crippen molar-refractivity contribution in [2.75, 3.05) is 0 Å². The van der Waals surface area contributed by atoms with Gasteiger partial charge in [0.15, 0.2) is 0 Å². The van der Waals surface area contributed by atoms with E-state index in [9.17, 15) is 0 Å². The van der Waals surface area contributed by atoms with Gasteiger partial charge in [-0.15, -0.1) is 0 Å². The highest BCUT2D eigenvalue weighted by molar-refractivity contribution is 5.91. The van der Waals surface area contributed by atoms with Crippen molar-refractivity contribution in [2.45, 2.75) is 80.3 Å². The number of aromatic amines is 3. The third-order valence-electron chi connectivity index (χ3n) is 8.46. The van der Waals surface area contributed by atoms with Gasteiger partial charge in [-0.3, -0.25) is 0 Å². The highest BCUT2D eigenvalue weighted by atomic mass is 15.0. The van der Waals surface area contributed by atoms with E-state index in [-0.39, 0.29) is 0 Å². The van der Waals surface area contributed by atoms with Crippen LogP contribution in [0.25, 0.3) is 56.4 Å². The fourth-order valence-electron chi connectivity index (χ4n) is 6.47. The molecule has 5 aromatic heterocycles. The summed E-state index contributed by atoms with van der Waals surface area (Å²) in [6, 6.07) is 13.5. The number of unbranched alkanes of at least 4 members (excludes halogenated alkanes) is 2. The minimum atomic E-state index is 1.05. The predicted molar refractivity (Wildman–Crippen MR) is 155 cm³/mol. The van der Waals surface area contributed by atoms with Gasteiger partial charge in [-0.05, 0) is 76.9 Å². The SMILES string of the molecule is CCCCn1c(C)c2c(c1C)-c1ccc([nH]1)-c1c(c(C)n(CCCC)c1C)-c1ccc([nH]1)-c1ccc-2[nH]1. The topological polar surface area (TPSA) is 57.2 Å². The molecule has 0 atom stereocenters. The van der Waals surface area contributed by atoms with Crippen molar-refractivity contribution in [1.29, 1.82) is 0 Å². The maximum Gasteiger partial charge on any atom is 0.0624 e. The maximum atomic E-state index is 3.88. The van der Waals surface area contributed by atoms with E-state index in [4.69, 9.17) is 0 Å². The highest BCUT2D eigenvalue weighted by Gasteiger charge is 2.26. The van der Waals surface area contributed by atoms with Crippen LogP contribution in [-0.2, 0) is 13.1 Å². The van der Waals surface area contributed by atoms with Gasteiger partial charge in [0.25, 0.3) is 0 Å². The molecule has 1 aliphatic rings. The van der Waals surface area contributed by atoms with Crippen LogP contribution in [0, 0.1) is 27.7 Å². The van der Waals surface area contributed by atoms with Crippen LogP contribution in [-0.4, -0.2) is 24.1 Å². The zero-order chi connectivity index (χ0) is 25.8. The summed E-state index contributed by atoms with van der Waals surface area (Å²) in [5, 5.41) is 0. The van der Waals surface area contributed by atoms with E-state index in [1.807, 2.05) is 0 Å². The summed E-state index contributed by atoms with van der Waals surface area (Å²) >= 11 is 0. The van der Waals surface area contributed by atoms with Crippen molar-refractivity contribution in [3.63, 3.8) is 0 Å². The Hall–Kier alpha value is -3.60. The summed E-state index contributed by atoms with van der Waals surface area (Å²) in [6.07, 6.45) is 4.73. The van der Waals surface area contributed by atoms with Crippen LogP contribution in [0.4, 0.5) is 0 Å². The van der Waals surface area contributed by atoms with Crippen molar-refractivity contribution in [1.82, 2.24) is 24.1 Å². The van der Waals surface area contributed by atoms with Gasteiger partial charge in [-0.1, -0.05) is 26.7 Å². The second-order valence-corrected chi connectivity index (χ2v) is 10.7. The molecule has 0 amide bonds. The molecule has 192 valence electrons. The lowest BCUT2D eigenvalue weighted by Crippen LogP contribution is -2.02. The first kappa shape index (κ1) is 23.8. The van der Waals surface area contributed by atoms with Gasteiger partial charge in [-0.25, -0.2) is 0 Å². The van der Waals surface area contributed by atoms with Crippen molar-refractivity contribution in [3.8, 4) is 56.4 Å². The lowest BCUT2D eigenvalue weighted by molar-refractivity contribution is 0.610. The molecule has 5 aromatic rings. The van der Waals surface area contributed by atoms with Gasteiger partial charge in [-0.2, -0.15) is 0 Å². The van der Waals surface area contributed by atoms with E-state index < -0.39 is 0 Å². The zero-order valence-electron chi connectivity index (χ0n) is 23.1. The fraction of sp³-hybridized carbons (Fsp3) is 0.375. The Kier molecular flexibility index (Phi) is 5.82. The Balaban J connectivity index is 1.66. The van der Waals surface area contributed by atoms with Crippen LogP contribution in [0.3, 0.4) is 0 Å². The molecule has 37 heavy (non-hydrogen) atoms. The van der Waals surface area contributed by atoms with Gasteiger partial charge in [0.1, 0.15) is 0 Å². The predicted octanol–water partition coefficient (Wildman–Crippen LogP) is 8.76. The fourth-order valence-corrected chi connectivity index (χ4v) is 6.47. The molecule has 1 aliphatic heterocycles. The molecule has 0 saturated carbocycles. The summed E-state index contributed by atoms with van der Waals surface area (Å²) in [4.78, 5) is 11.4. The summed E-state index contributed by atoms with van der Waals surface area (Å²) in [6.45, 7) is 15.7. The molecule has 5 heteroatoms. The van der Waals surface area contributed by atoms with Gasteiger partial charge in [0.05, 0.1) is 11.4 Å². The molecule has 0 unspecified atom stereocenters. The lowest BCUT2D eigenvalue weighted by Gasteiger charge is -2.09. The second kappa shape index (κ2) is 9.05. The molecule has 6 rings (SSSR count). The average Bonchev–Trinajstić information content (AvgIpc) is 3.69. The van der Waals surface area contributed by atoms with Gasteiger partial charge in [0, 0.05) is 80.9 Å². The molecule has 0 spiro atoms. The van der Waals surface area contributed by atoms with Crippen molar-refractivity contribution in [3.05, 3.63) is 59.2 Å². The first-order chi connectivity index (χ1) is 17.9. The second-order valence-electron chi connectivity index (χ2n) is 10.7. The third kappa shape index (κ3) is 3.58. The zero-order valence-corrected chi connectivity index (χ0v) is 23.1. The number of hydrogen-bond donors (Lipinski definition) is 3. The van der Waals surface area contributed by atoms with Gasteiger partial charge >= 0.3 is 0 Å². The number of H-pyrrole nitrogens is 3. The van der Waals surface area contributed by atoms with E-state index >= 15 is 0 Å². The van der Waals surface area contributed by atoms with E-state index in [1.165, 1.54) is 93.5 Å². The van der Waals surface area contributed by atoms with E-state index in [2.05, 4.69) is 102 Å². The minimum absolute atomic E-state index is 1.05. The number of hydrogen-bond acceptors (Lipinski definition) is 0. The van der Waals surface area contributed by atoms with E-state index in [0.717, 1.165) is 24.5 Å². The molecule has 0 aliphatic carbocycles. The first-order valence-electron chi connectivity index (χ1n) is 13.9. The number of fused-ring (bicyclic) bond motifs is 13. The Morgan fingerprint density at radius 1 is 0.459 bits per heavy atom. The molecule has 6 bridgehead atoms. The normalized spacial score (nSPS) is 12.2. The average molecular weight is 494 g/mol. The first-order valence-corrected chi connectivity index (χ1v) is 13.9. The van der Waals surface area contributed by atoms with Gasteiger partial charge in [0.2, 0.25) is 0 Å². The van der Waals surface area contributed by atoms with Gasteiger partial charge < -0.3 is 24.1 Å². The summed E-state index contributed by atoms with van der Waals surface area (Å²) in [5.41, 5.74) is 17.5. The molecular formula is C32H39N5. The number of nitrogens with one attached hydrogen (secondary N) is 3. The third-order valence-corrected chi connectivity index (χ3v) is 8.46. The molecule has 0 aromatic carbocycles. The molecule has 0 fully saturated rings. The van der Waals surface area contributed by atoms with E-state index in [1.54, 1.807) is 0 Å². The summed E-state index contributed by atoms with van der Waals surface area (Å²) in [7, 11) is 0. The number of rotatable bonds is 6. The largest absolute Gasteiger partial charge is 0.354 e. The molecule has 6 heterocycles. The van der Waals surface area contributed by atoms with Crippen molar-refractivity contribution in [2.24, 2.45) is 0 Å². The summed E-state index contributed by atoms with van der Waals surface area (Å²) < 4.78 is 5.02. The molecule has 3 N–H and O–H groups in total. The van der Waals surface area contributed by atoms with Crippen LogP contribution in [0.1, 0.15) is 62.3 Å². The molecule has 5 nitrogen and oxygen atoms in total. The number of aromatic nitrogens is 5. The Labute approximate surface area is 219 Å². The van der Waals surface area contributed by atoms with Crippen LogP contribution in [0.15, 0.2) is 36.4 Å². The molecule has 0 saturated heterocycles. The smallest absolute Gasteiger partial charge is 0.0624 e. The van der Waals surface area contributed by atoms with Crippen LogP contribution in [0.5, 0.6) is 0 Å². The minimum Gasteiger partial charge on any atom is -0.354 e. The lowest BCUT2D eigenvalue weighted by atomic mass is 10.0. The summed E-state index contributed by atoms with van der Waals surface area (Å²) in [5.74, 6) is 0. The Morgan fingerprint density at radius 2 is 0.730 bits per heavy atom. The quantitative estimate of drug-likeness (QED) is 0.208. The number of nitrogens with zero attached hydrogens (tertiary/aromatic N) is 2. The van der Waals surface area contributed by atoms with Crippen molar-refractivity contribution >= 4 is 0 Å². The van der Waals surface area contributed by atoms with Crippen molar-refractivity contribution < 1.29 is 0 Å². The molecule has 0 radical (unpaired) electrons. The standard InChI is InChI=1S/C32H39N5/c1-7-9-17-36-19(3)29-25-13-11-23(33-25)24-12-14-26(34-24)30-20(4)37(18-10-8-2)22(6)32(30)28-16-15-27(35-28)31(29)21(36)5/h11-16,33-35H,7-10,17-18H2,1-6H3. The Morgan fingerprint density at radius 3 is 1.03 bits per heavy atom. The maximum absolute atomic E-state index is 3.88. The van der Waals surface area contributed by atoms with Crippen LogP contribution >= 0.6 is 0 Å². The highest BCUT2D eigenvalue weighted by Crippen LogP contribution is 2.44. The van der Waals surface area contributed by atoms with E-state index in [0.29, 0.717) is 0 Å². The van der Waals surface area contributed by atoms with Crippen LogP contribution in [0.2, 0.25) is 0 Å². The Bertz CT molecular complexity index is 1470. The monoisotopic (exact) mass is 493 g/mol.